The van der Waals surface area contributed by atoms with E-state index in [1.165, 1.54) is 16.4 Å². The Labute approximate surface area is 162 Å². The smallest absolute Gasteiger partial charge is 0.243 e. The van der Waals surface area contributed by atoms with Gasteiger partial charge in [0.2, 0.25) is 15.9 Å². The zero-order chi connectivity index (χ0) is 18.4. The zero-order valence-electron chi connectivity index (χ0n) is 15.6. The third kappa shape index (κ3) is 5.65. The third-order valence-electron chi connectivity index (χ3n) is 4.47. The Kier molecular flexibility index (Phi) is 8.99. The molecule has 1 heterocycles. The van der Waals surface area contributed by atoms with Crippen LogP contribution in [0.2, 0.25) is 0 Å². The van der Waals surface area contributed by atoms with Gasteiger partial charge < -0.3 is 10.6 Å². The maximum absolute atomic E-state index is 12.5. The van der Waals surface area contributed by atoms with Crippen LogP contribution in [0.15, 0.2) is 29.2 Å². The van der Waals surface area contributed by atoms with Gasteiger partial charge in [-0.1, -0.05) is 13.8 Å². The highest BCUT2D eigenvalue weighted by Crippen LogP contribution is 2.18. The molecule has 1 atom stereocenters. The second-order valence-electron chi connectivity index (χ2n) is 6.19. The fourth-order valence-corrected chi connectivity index (χ4v) is 4.38. The average molecular weight is 405 g/mol. The van der Waals surface area contributed by atoms with E-state index >= 15 is 0 Å². The van der Waals surface area contributed by atoms with Crippen molar-refractivity contribution in [1.82, 2.24) is 14.5 Å². The lowest BCUT2D eigenvalue weighted by Crippen LogP contribution is -2.51. The van der Waals surface area contributed by atoms with Gasteiger partial charge in [0.25, 0.3) is 0 Å². The molecule has 9 heteroatoms. The molecule has 7 nitrogen and oxygen atoms in total. The van der Waals surface area contributed by atoms with Crippen LogP contribution in [-0.2, 0) is 14.8 Å². The molecule has 0 aromatic heterocycles. The van der Waals surface area contributed by atoms with Gasteiger partial charge in [-0.2, -0.15) is 4.31 Å². The normalized spacial score (nSPS) is 18.4. The number of amides is 1. The summed E-state index contributed by atoms with van der Waals surface area (Å²) in [5, 5.41) is 6.13. The molecule has 2 N–H and O–H groups in total. The highest BCUT2D eigenvalue weighted by Gasteiger charge is 2.22. The molecule has 148 valence electrons. The lowest BCUT2D eigenvalue weighted by Gasteiger charge is -2.33. The average Bonchev–Trinajstić information content (AvgIpc) is 2.58. The summed E-state index contributed by atoms with van der Waals surface area (Å²) < 4.78 is 26.3. The number of hydrogen-bond acceptors (Lipinski definition) is 5. The van der Waals surface area contributed by atoms with Crippen LogP contribution in [0.1, 0.15) is 20.8 Å². The van der Waals surface area contributed by atoms with E-state index in [-0.39, 0.29) is 23.2 Å². The Bertz CT molecular complexity index is 678. The van der Waals surface area contributed by atoms with Crippen molar-refractivity contribution in [3.05, 3.63) is 24.3 Å². The monoisotopic (exact) mass is 404 g/mol. The number of halogens is 1. The van der Waals surface area contributed by atoms with Crippen molar-refractivity contribution in [2.24, 2.45) is 0 Å². The quantitative estimate of drug-likeness (QED) is 0.717. The number of hydrogen-bond donors (Lipinski definition) is 2. The lowest BCUT2D eigenvalue weighted by atomic mass is 10.2. The minimum absolute atomic E-state index is 0. The molecule has 0 bridgehead atoms. The van der Waals surface area contributed by atoms with Gasteiger partial charge in [-0.05, 0) is 31.2 Å². The number of benzene rings is 1. The summed E-state index contributed by atoms with van der Waals surface area (Å²) in [5.74, 6) is -0.0897. The van der Waals surface area contributed by atoms with Gasteiger partial charge in [-0.3, -0.25) is 9.69 Å². The van der Waals surface area contributed by atoms with Crippen LogP contribution in [0.25, 0.3) is 0 Å². The van der Waals surface area contributed by atoms with Crippen molar-refractivity contribution in [2.75, 3.05) is 44.6 Å². The Morgan fingerprint density at radius 1 is 1.27 bits per heavy atom. The highest BCUT2D eigenvalue weighted by molar-refractivity contribution is 7.89. The van der Waals surface area contributed by atoms with Crippen molar-refractivity contribution in [3.8, 4) is 0 Å². The molecule has 1 aliphatic heterocycles. The summed E-state index contributed by atoms with van der Waals surface area (Å²) in [5.41, 5.74) is 0.603. The predicted octanol–water partition coefficient (Wildman–Crippen LogP) is 1.37. The van der Waals surface area contributed by atoms with E-state index in [0.717, 1.165) is 19.6 Å². The number of piperazine rings is 1. The standard InChI is InChI=1S/C17H28N4O3S.ClH/c1-4-21(5-2)25(23,24)16-8-6-15(7-9-16)19-17(22)13-20-11-10-18-12-14(20)3;/h6-9,14,18H,4-5,10-13H2,1-3H3,(H,19,22);1H/t14-;/m0./s1. The molecule has 0 unspecified atom stereocenters. The van der Waals surface area contributed by atoms with Gasteiger partial charge in [0.1, 0.15) is 0 Å². The van der Waals surface area contributed by atoms with Crippen LogP contribution < -0.4 is 10.6 Å². The number of rotatable bonds is 7. The number of sulfonamides is 1. The summed E-state index contributed by atoms with van der Waals surface area (Å²) in [6, 6.07) is 6.67. The number of nitrogens with zero attached hydrogens (tertiary/aromatic N) is 2. The molecule has 1 aromatic carbocycles. The van der Waals surface area contributed by atoms with Crippen molar-refractivity contribution >= 4 is 34.0 Å². The first-order valence-corrected chi connectivity index (χ1v) is 10.2. The van der Waals surface area contributed by atoms with E-state index in [0.29, 0.717) is 31.4 Å². The molecule has 1 fully saturated rings. The third-order valence-corrected chi connectivity index (χ3v) is 6.53. The highest BCUT2D eigenvalue weighted by atomic mass is 35.5. The van der Waals surface area contributed by atoms with Crippen molar-refractivity contribution in [1.29, 1.82) is 0 Å². The number of carbonyl (C=O) groups excluding carboxylic acids is 1. The van der Waals surface area contributed by atoms with Crippen LogP contribution in [0.3, 0.4) is 0 Å². The second-order valence-corrected chi connectivity index (χ2v) is 8.12. The van der Waals surface area contributed by atoms with Crippen LogP contribution in [0.4, 0.5) is 5.69 Å². The molecule has 26 heavy (non-hydrogen) atoms. The van der Waals surface area contributed by atoms with Crippen molar-refractivity contribution < 1.29 is 13.2 Å². The van der Waals surface area contributed by atoms with Gasteiger partial charge in [0.15, 0.2) is 0 Å². The SMILES string of the molecule is CCN(CC)S(=O)(=O)c1ccc(NC(=O)CN2CCNC[C@@H]2C)cc1.Cl. The lowest BCUT2D eigenvalue weighted by molar-refractivity contribution is -0.118. The van der Waals surface area contributed by atoms with Crippen LogP contribution in [0, 0.1) is 0 Å². The molecule has 1 aromatic rings. The van der Waals surface area contributed by atoms with Crippen LogP contribution >= 0.6 is 12.4 Å². The molecule has 1 aliphatic rings. The minimum Gasteiger partial charge on any atom is -0.325 e. The summed E-state index contributed by atoms with van der Waals surface area (Å²) in [4.78, 5) is 14.6. The van der Waals surface area contributed by atoms with E-state index in [4.69, 9.17) is 0 Å². The molecule has 2 rings (SSSR count). The van der Waals surface area contributed by atoms with Gasteiger partial charge in [-0.25, -0.2) is 8.42 Å². The zero-order valence-corrected chi connectivity index (χ0v) is 17.2. The molecule has 0 aliphatic carbocycles. The van der Waals surface area contributed by atoms with Gasteiger partial charge in [-0.15, -0.1) is 12.4 Å². The summed E-state index contributed by atoms with van der Waals surface area (Å²) >= 11 is 0. The molecule has 1 amide bonds. The molecule has 0 spiro atoms. The fourth-order valence-electron chi connectivity index (χ4n) is 2.93. The Balaban J connectivity index is 0.00000338. The number of anilines is 1. The molecule has 0 radical (unpaired) electrons. The van der Waals surface area contributed by atoms with E-state index in [1.807, 2.05) is 13.8 Å². The Morgan fingerprint density at radius 3 is 2.42 bits per heavy atom. The predicted molar refractivity (Wildman–Crippen MR) is 106 cm³/mol. The minimum atomic E-state index is -3.47. The maximum Gasteiger partial charge on any atom is 0.243 e. The van der Waals surface area contributed by atoms with Gasteiger partial charge in [0.05, 0.1) is 11.4 Å². The fraction of sp³-hybridized carbons (Fsp3) is 0.588. The Morgan fingerprint density at radius 2 is 1.88 bits per heavy atom. The maximum atomic E-state index is 12.5. The van der Waals surface area contributed by atoms with E-state index in [2.05, 4.69) is 22.5 Å². The summed E-state index contributed by atoms with van der Waals surface area (Å²) in [6.45, 7) is 9.52. The molecule has 1 saturated heterocycles. The van der Waals surface area contributed by atoms with Crippen LogP contribution in [-0.4, -0.2) is 68.8 Å². The molecule has 0 saturated carbocycles. The van der Waals surface area contributed by atoms with E-state index in [1.54, 1.807) is 12.1 Å². The summed E-state index contributed by atoms with van der Waals surface area (Å²) in [7, 11) is -3.47. The van der Waals surface area contributed by atoms with Crippen LogP contribution in [0.5, 0.6) is 0 Å². The summed E-state index contributed by atoms with van der Waals surface area (Å²) in [6.07, 6.45) is 0. The largest absolute Gasteiger partial charge is 0.325 e. The first kappa shape index (κ1) is 22.9. The molecular weight excluding hydrogens is 376 g/mol. The van der Waals surface area contributed by atoms with Gasteiger partial charge >= 0.3 is 0 Å². The Hall–Kier alpha value is -1.19. The van der Waals surface area contributed by atoms with Gasteiger partial charge in [0, 0.05) is 44.5 Å². The second kappa shape index (κ2) is 10.2. The van der Waals surface area contributed by atoms with Crippen molar-refractivity contribution in [3.63, 3.8) is 0 Å². The molecular formula is C17H29ClN4O3S. The number of nitrogens with one attached hydrogen (secondary N) is 2. The van der Waals surface area contributed by atoms with E-state index in [9.17, 15) is 13.2 Å². The van der Waals surface area contributed by atoms with Crippen molar-refractivity contribution in [2.45, 2.75) is 31.7 Å². The van der Waals surface area contributed by atoms with E-state index < -0.39 is 10.0 Å². The first-order chi connectivity index (χ1) is 11.9. The number of carbonyl (C=O) groups is 1. The topological polar surface area (TPSA) is 81.8 Å². The first-order valence-electron chi connectivity index (χ1n) is 8.73.